The zero-order valence-electron chi connectivity index (χ0n) is 16.9. The summed E-state index contributed by atoms with van der Waals surface area (Å²) < 4.78 is 1.47. The molecule has 1 aliphatic heterocycles. The highest BCUT2D eigenvalue weighted by atomic mass is 35.5. The van der Waals surface area contributed by atoms with E-state index in [1.807, 2.05) is 13.8 Å². The van der Waals surface area contributed by atoms with E-state index in [-0.39, 0.29) is 19.1 Å². The lowest BCUT2D eigenvalue weighted by atomic mass is 10.0. The molecule has 30 heavy (non-hydrogen) atoms. The number of rotatable bonds is 8. The molecular weight excluding hydrogens is 412 g/mol. The number of nitrogens with zero attached hydrogens (tertiary/aromatic N) is 5. The maximum atomic E-state index is 12.8. The number of benzene rings is 1. The predicted octanol–water partition coefficient (Wildman–Crippen LogP) is 1.26. The van der Waals surface area contributed by atoms with E-state index < -0.39 is 18.1 Å². The number of hydrogen-bond donors (Lipinski definition) is 2. The van der Waals surface area contributed by atoms with Gasteiger partial charge in [-0.3, -0.25) is 14.4 Å². The quantitative estimate of drug-likeness (QED) is 0.638. The number of aliphatic hydroxyl groups is 1. The van der Waals surface area contributed by atoms with Crippen molar-refractivity contribution in [1.82, 2.24) is 30.6 Å². The molecule has 2 aromatic rings. The van der Waals surface area contributed by atoms with Crippen molar-refractivity contribution in [3.8, 4) is 5.69 Å². The number of carbonyl (C=O) groups excluding carboxylic acids is 2. The van der Waals surface area contributed by atoms with Gasteiger partial charge < -0.3 is 10.4 Å². The Hall–Kier alpha value is -2.56. The van der Waals surface area contributed by atoms with E-state index in [1.165, 1.54) is 11.0 Å². The Labute approximate surface area is 179 Å². The van der Waals surface area contributed by atoms with Crippen molar-refractivity contribution < 1.29 is 19.5 Å². The minimum absolute atomic E-state index is 0.156. The van der Waals surface area contributed by atoms with Gasteiger partial charge in [0.25, 0.3) is 5.91 Å². The van der Waals surface area contributed by atoms with Crippen LogP contribution in [0.2, 0.25) is 5.02 Å². The van der Waals surface area contributed by atoms with Crippen molar-refractivity contribution >= 4 is 23.4 Å². The van der Waals surface area contributed by atoms with Crippen molar-refractivity contribution in [2.75, 3.05) is 6.61 Å². The topological polar surface area (TPSA) is 122 Å². The number of halogens is 1. The minimum Gasteiger partial charge on any atom is -0.383 e. The summed E-state index contributed by atoms with van der Waals surface area (Å²) in [5.41, 5.74) is 1.38. The van der Waals surface area contributed by atoms with E-state index in [0.29, 0.717) is 41.5 Å². The zero-order chi connectivity index (χ0) is 21.7. The van der Waals surface area contributed by atoms with Crippen molar-refractivity contribution in [3.05, 3.63) is 35.1 Å². The minimum atomic E-state index is -1.19. The number of aliphatic hydroxyl groups excluding tert-OH is 1. The average molecular weight is 437 g/mol. The molecule has 11 heteroatoms. The molecule has 0 unspecified atom stereocenters. The van der Waals surface area contributed by atoms with Crippen LogP contribution in [0.5, 0.6) is 0 Å². The molecule has 0 radical (unpaired) electrons. The van der Waals surface area contributed by atoms with Crippen LogP contribution in [0.1, 0.15) is 38.7 Å². The normalized spacial score (nSPS) is 17.4. The fourth-order valence-corrected chi connectivity index (χ4v) is 3.37. The molecule has 2 N–H and O–H groups in total. The first-order valence-electron chi connectivity index (χ1n) is 9.80. The number of hydroxylamine groups is 2. The van der Waals surface area contributed by atoms with E-state index in [2.05, 4.69) is 20.8 Å². The van der Waals surface area contributed by atoms with Gasteiger partial charge in [-0.05, 0) is 52.9 Å². The van der Waals surface area contributed by atoms with Gasteiger partial charge in [0.15, 0.2) is 0 Å². The van der Waals surface area contributed by atoms with E-state index >= 15 is 0 Å². The van der Waals surface area contributed by atoms with Crippen molar-refractivity contribution in [3.63, 3.8) is 0 Å². The van der Waals surface area contributed by atoms with Gasteiger partial charge in [-0.25, -0.2) is 9.75 Å². The predicted molar refractivity (Wildman–Crippen MR) is 107 cm³/mol. The van der Waals surface area contributed by atoms with Gasteiger partial charge in [-0.2, -0.15) is 0 Å². The highest BCUT2D eigenvalue weighted by Crippen LogP contribution is 2.21. The summed E-state index contributed by atoms with van der Waals surface area (Å²) in [5, 5.41) is 25.6. The van der Waals surface area contributed by atoms with E-state index in [4.69, 9.17) is 16.4 Å². The van der Waals surface area contributed by atoms with Crippen LogP contribution in [0.25, 0.3) is 5.69 Å². The van der Waals surface area contributed by atoms with Gasteiger partial charge in [0, 0.05) is 18.0 Å². The van der Waals surface area contributed by atoms with Crippen LogP contribution in [0.15, 0.2) is 24.5 Å². The molecule has 1 aliphatic rings. The van der Waals surface area contributed by atoms with Gasteiger partial charge in [-0.1, -0.05) is 25.4 Å². The van der Waals surface area contributed by atoms with Crippen LogP contribution >= 0.6 is 11.6 Å². The van der Waals surface area contributed by atoms with E-state index in [9.17, 15) is 14.7 Å². The highest BCUT2D eigenvalue weighted by molar-refractivity contribution is 6.30. The summed E-state index contributed by atoms with van der Waals surface area (Å²) in [4.78, 5) is 30.6. The molecule has 1 fully saturated rings. The summed E-state index contributed by atoms with van der Waals surface area (Å²) >= 11 is 6.10. The Morgan fingerprint density at radius 1 is 1.37 bits per heavy atom. The molecule has 0 spiro atoms. The second kappa shape index (κ2) is 9.96. The second-order valence-electron chi connectivity index (χ2n) is 7.53. The third-order valence-corrected chi connectivity index (χ3v) is 5.05. The van der Waals surface area contributed by atoms with E-state index in [0.717, 1.165) is 5.06 Å². The highest BCUT2D eigenvalue weighted by Gasteiger charge is 2.38. The Bertz CT molecular complexity index is 876. The molecule has 2 amide bonds. The molecule has 162 valence electrons. The van der Waals surface area contributed by atoms with Crippen molar-refractivity contribution in [2.24, 2.45) is 5.92 Å². The first kappa shape index (κ1) is 22.1. The first-order chi connectivity index (χ1) is 14.4. The fourth-order valence-electron chi connectivity index (χ4n) is 3.18. The molecule has 2 atom stereocenters. The van der Waals surface area contributed by atoms with Crippen LogP contribution in [-0.2, 0) is 21.0 Å². The van der Waals surface area contributed by atoms with Gasteiger partial charge in [-0.15, -0.1) is 5.10 Å². The number of hydrogen-bond acceptors (Lipinski definition) is 7. The molecule has 1 aromatic carbocycles. The summed E-state index contributed by atoms with van der Waals surface area (Å²) in [7, 11) is 0. The van der Waals surface area contributed by atoms with Gasteiger partial charge in [0.1, 0.15) is 18.5 Å². The standard InChI is InChI=1S/C19H25ClN6O4/c1-12(2)3-6-17(27)19(29)26-16(7-8-30-26)18(28)21-10-13-9-14(20)4-5-15(13)25-11-22-23-24-25/h4-5,9,11-12,16-17,27H,3,6-8,10H2,1-2H3,(H,21,28)/t16-,17+/m0/s1. The maximum absolute atomic E-state index is 12.8. The lowest BCUT2D eigenvalue weighted by Crippen LogP contribution is -2.48. The first-order valence-corrected chi connectivity index (χ1v) is 10.2. The molecule has 1 saturated heterocycles. The van der Waals surface area contributed by atoms with Gasteiger partial charge in [0.2, 0.25) is 5.91 Å². The molecule has 0 aliphatic carbocycles. The lowest BCUT2D eigenvalue weighted by Gasteiger charge is -2.24. The molecular formula is C19H25ClN6O4. The van der Waals surface area contributed by atoms with E-state index in [1.54, 1.807) is 18.2 Å². The number of amides is 2. The number of tetrazole rings is 1. The maximum Gasteiger partial charge on any atom is 0.275 e. The Morgan fingerprint density at radius 3 is 2.87 bits per heavy atom. The largest absolute Gasteiger partial charge is 0.383 e. The SMILES string of the molecule is CC(C)CC[C@@H](O)C(=O)N1OCC[C@H]1C(=O)NCc1cc(Cl)ccc1-n1cnnn1. The summed E-state index contributed by atoms with van der Waals surface area (Å²) in [6.45, 7) is 4.41. The third-order valence-electron chi connectivity index (χ3n) is 4.82. The number of nitrogens with one attached hydrogen (secondary N) is 1. The van der Waals surface area contributed by atoms with Crippen molar-refractivity contribution in [1.29, 1.82) is 0 Å². The van der Waals surface area contributed by atoms with Crippen LogP contribution in [-0.4, -0.2) is 60.9 Å². The Kier molecular flexibility index (Phi) is 7.35. The van der Waals surface area contributed by atoms with Crippen LogP contribution in [0.4, 0.5) is 0 Å². The smallest absolute Gasteiger partial charge is 0.275 e. The summed E-state index contributed by atoms with van der Waals surface area (Å²) in [6.07, 6.45) is 1.62. The van der Waals surface area contributed by atoms with Gasteiger partial charge in [0.05, 0.1) is 12.3 Å². The van der Waals surface area contributed by atoms with Crippen LogP contribution in [0, 0.1) is 5.92 Å². The summed E-state index contributed by atoms with van der Waals surface area (Å²) in [6, 6.07) is 4.36. The number of aromatic nitrogens is 4. The Morgan fingerprint density at radius 2 is 2.17 bits per heavy atom. The third kappa shape index (κ3) is 5.32. The van der Waals surface area contributed by atoms with Crippen LogP contribution < -0.4 is 5.32 Å². The second-order valence-corrected chi connectivity index (χ2v) is 7.97. The monoisotopic (exact) mass is 436 g/mol. The van der Waals surface area contributed by atoms with Gasteiger partial charge >= 0.3 is 0 Å². The fraction of sp³-hybridized carbons (Fsp3) is 0.526. The molecule has 2 heterocycles. The lowest BCUT2D eigenvalue weighted by molar-refractivity contribution is -0.187. The average Bonchev–Trinajstić information content (AvgIpc) is 3.41. The zero-order valence-corrected chi connectivity index (χ0v) is 17.6. The molecule has 10 nitrogen and oxygen atoms in total. The Balaban J connectivity index is 1.65. The molecule has 1 aromatic heterocycles. The summed E-state index contributed by atoms with van der Waals surface area (Å²) in [5.74, 6) is -0.608. The van der Waals surface area contributed by atoms with Crippen molar-refractivity contribution in [2.45, 2.75) is 51.8 Å². The molecule has 3 rings (SSSR count). The molecule has 0 bridgehead atoms. The van der Waals surface area contributed by atoms with Crippen LogP contribution in [0.3, 0.4) is 0 Å². The molecule has 0 saturated carbocycles. The number of carbonyl (C=O) groups is 2.